The molecular formula is C44H56N4O23. The number of carbonyl (C=O) groups is 6. The number of nitrogens with one attached hydrogen (secondary N) is 3. The van der Waals surface area contributed by atoms with Crippen LogP contribution in [0.25, 0.3) is 0 Å². The van der Waals surface area contributed by atoms with Crippen LogP contribution in [0.2, 0.25) is 0 Å². The third-order valence-corrected chi connectivity index (χ3v) is 13.2. The number of nitrogens with zero attached hydrogens (tertiary/aromatic N) is 1. The number of hydrogen-bond acceptors (Lipinski definition) is 22. The highest BCUT2D eigenvalue weighted by molar-refractivity contribution is 6.20. The Morgan fingerprint density at radius 3 is 1.11 bits per heavy atom. The monoisotopic (exact) mass is 1010 g/mol. The zero-order valence-corrected chi connectivity index (χ0v) is 39.8. The Morgan fingerprint density at radius 2 is 0.789 bits per heavy atom. The molecule has 0 saturated carbocycles. The number of fused-ring (bicyclic) bond motifs is 5. The van der Waals surface area contributed by atoms with Gasteiger partial charge in [-0.15, -0.1) is 5.06 Å². The Hall–Kier alpha value is -4.40. The number of carboxylic acid groups (broad SMARTS) is 1. The van der Waals surface area contributed by atoms with Crippen molar-refractivity contribution >= 4 is 35.5 Å². The van der Waals surface area contributed by atoms with E-state index in [1.807, 2.05) is 0 Å². The third kappa shape index (κ3) is 9.68. The molecule has 1 aromatic rings. The number of imide groups is 1. The van der Waals surface area contributed by atoms with Gasteiger partial charge in [0.05, 0.1) is 61.2 Å². The fraction of sp³-hybridized carbons (Fsp3) is 0.727. The summed E-state index contributed by atoms with van der Waals surface area (Å²) in [6.07, 6.45) is -12.6. The maximum Gasteiger partial charge on any atom is 0.333 e. The molecule has 0 radical (unpaired) electrons. The molecule has 8 saturated heterocycles. The summed E-state index contributed by atoms with van der Waals surface area (Å²) in [5.41, 5.74) is 7.37. The fourth-order valence-corrected chi connectivity index (χ4v) is 10.3. The molecule has 1 aromatic carbocycles. The van der Waals surface area contributed by atoms with E-state index in [0.717, 1.165) is 0 Å². The average molecular weight is 1010 g/mol. The Morgan fingerprint density at radius 1 is 0.493 bits per heavy atom. The van der Waals surface area contributed by atoms with Crippen molar-refractivity contribution in [2.75, 3.05) is 26.4 Å². The smallest absolute Gasteiger partial charge is 0.333 e. The van der Waals surface area contributed by atoms with Crippen LogP contribution in [0, 0.1) is 23.7 Å². The number of benzene rings is 1. The first kappa shape index (κ1) is 50.1. The molecule has 390 valence electrons. The lowest BCUT2D eigenvalue weighted by molar-refractivity contribution is -0.221. The highest BCUT2D eigenvalue weighted by Crippen LogP contribution is 2.45. The van der Waals surface area contributed by atoms with E-state index in [4.69, 9.17) is 76.2 Å². The molecule has 27 heteroatoms. The Bertz CT molecular complexity index is 2260. The Labute approximate surface area is 404 Å². The lowest BCUT2D eigenvalue weighted by Gasteiger charge is -2.27. The second kappa shape index (κ2) is 18.5. The summed E-state index contributed by atoms with van der Waals surface area (Å²) in [5.74, 6) is -12.8. The molecule has 9 heterocycles. The van der Waals surface area contributed by atoms with Gasteiger partial charge in [-0.2, -0.15) is 0 Å². The van der Waals surface area contributed by atoms with Gasteiger partial charge in [-0.25, -0.2) is 21.2 Å². The number of carboxylic acids is 1. The van der Waals surface area contributed by atoms with E-state index in [0.29, 0.717) is 5.06 Å². The maximum absolute atomic E-state index is 13.9. The summed E-state index contributed by atoms with van der Waals surface area (Å²) < 4.78 is 70.8. The molecule has 9 aliphatic heterocycles. The van der Waals surface area contributed by atoms with Crippen LogP contribution in [-0.2, 0) is 95.4 Å². The second-order valence-electron chi connectivity index (χ2n) is 20.2. The third-order valence-electron chi connectivity index (χ3n) is 13.2. The van der Waals surface area contributed by atoms with E-state index in [-0.39, 0.29) is 37.6 Å². The van der Waals surface area contributed by atoms with Gasteiger partial charge in [0.15, 0.2) is 54.4 Å². The van der Waals surface area contributed by atoms with Crippen molar-refractivity contribution in [3.8, 4) is 0 Å². The van der Waals surface area contributed by atoms with E-state index in [1.165, 1.54) is 12.1 Å². The number of hydroxylamine groups is 5. The molecule has 0 aromatic heterocycles. The van der Waals surface area contributed by atoms with Crippen LogP contribution in [0.5, 0.6) is 0 Å². The number of carbonyl (C=O) groups excluding carboxylic acids is 5. The summed E-state index contributed by atoms with van der Waals surface area (Å²) >= 11 is 0. The standard InChI is InChI=1S/C44H56N4O23/c1-41(2)64-27-19(24(61-38(27)69-41)32(50)46-58-15-21-26(36(54)55)63-40-29(21)66-43(5,6)71-40)13-56-45-31(49)23-20(28-37(60-23)68-42(3,4)65-28)14-57-47-33(51)25-22(30-39(62-25)70-44(7,8)67-30)16-59-48-34(52)17-11-9-10-12-18(17)35(48)53/h9-12,19-30,37-40H,13-16H2,1-8H3,(H,45,49)(H,46,50)(H,47,51)(H,54,55)/t19-,20-,21-,22-,23+,24+,25+,26+,27-,28-,29-,30-,37-,38-,39-,40-/m1/s1. The molecule has 0 aliphatic carbocycles. The van der Waals surface area contributed by atoms with Crippen molar-refractivity contribution in [2.24, 2.45) is 23.7 Å². The van der Waals surface area contributed by atoms with Crippen LogP contribution in [-0.4, -0.2) is 169 Å². The first-order valence-corrected chi connectivity index (χ1v) is 23.1. The van der Waals surface area contributed by atoms with E-state index >= 15 is 0 Å². The summed E-state index contributed by atoms with van der Waals surface area (Å²) in [7, 11) is 0. The largest absolute Gasteiger partial charge is 0.479 e. The van der Waals surface area contributed by atoms with Crippen LogP contribution in [0.4, 0.5) is 0 Å². The van der Waals surface area contributed by atoms with Crippen molar-refractivity contribution in [3.63, 3.8) is 0 Å². The number of rotatable bonds is 16. The van der Waals surface area contributed by atoms with Gasteiger partial charge in [0.2, 0.25) is 0 Å². The van der Waals surface area contributed by atoms with Crippen LogP contribution in [0.15, 0.2) is 24.3 Å². The fourth-order valence-electron chi connectivity index (χ4n) is 10.3. The lowest BCUT2D eigenvalue weighted by atomic mass is 9.98. The number of aliphatic carboxylic acids is 1. The minimum absolute atomic E-state index is 0.171. The van der Waals surface area contributed by atoms with Crippen molar-refractivity contribution < 1.29 is 110 Å². The van der Waals surface area contributed by atoms with Gasteiger partial charge >= 0.3 is 5.97 Å². The predicted molar refractivity (Wildman–Crippen MR) is 222 cm³/mol. The molecule has 8 fully saturated rings. The highest BCUT2D eigenvalue weighted by Gasteiger charge is 2.61. The van der Waals surface area contributed by atoms with Crippen molar-refractivity contribution in [1.82, 2.24) is 21.5 Å². The molecule has 71 heavy (non-hydrogen) atoms. The first-order chi connectivity index (χ1) is 33.5. The van der Waals surface area contributed by atoms with Crippen molar-refractivity contribution in [3.05, 3.63) is 35.4 Å². The van der Waals surface area contributed by atoms with E-state index < -0.39 is 156 Å². The van der Waals surface area contributed by atoms with Crippen LogP contribution >= 0.6 is 0 Å². The molecule has 16 atom stereocenters. The zero-order chi connectivity index (χ0) is 50.5. The molecule has 10 rings (SSSR count). The molecule has 4 N–H and O–H groups in total. The van der Waals surface area contributed by atoms with E-state index in [9.17, 15) is 33.9 Å². The van der Waals surface area contributed by atoms with Gasteiger partial charge in [-0.1, -0.05) is 12.1 Å². The van der Waals surface area contributed by atoms with Crippen LogP contribution < -0.4 is 16.4 Å². The molecule has 0 bridgehead atoms. The van der Waals surface area contributed by atoms with Gasteiger partial charge in [0, 0.05) is 0 Å². The van der Waals surface area contributed by atoms with Crippen molar-refractivity contribution in [2.45, 2.75) is 153 Å². The van der Waals surface area contributed by atoms with Gasteiger partial charge in [0.1, 0.15) is 42.7 Å². The maximum atomic E-state index is 13.9. The van der Waals surface area contributed by atoms with Crippen molar-refractivity contribution in [1.29, 1.82) is 0 Å². The highest BCUT2D eigenvalue weighted by atomic mass is 16.9. The number of ether oxygens (including phenoxy) is 12. The van der Waals surface area contributed by atoms with Crippen LogP contribution in [0.3, 0.4) is 0 Å². The normalized spacial score (nSPS) is 39.5. The molecule has 5 amide bonds. The van der Waals surface area contributed by atoms with Gasteiger partial charge in [-0.05, 0) is 67.5 Å². The van der Waals surface area contributed by atoms with Gasteiger partial charge in [0.25, 0.3) is 29.5 Å². The molecule has 9 aliphatic rings. The summed E-state index contributed by atoms with van der Waals surface area (Å²) in [5, 5.41) is 10.4. The predicted octanol–water partition coefficient (Wildman–Crippen LogP) is -0.587. The summed E-state index contributed by atoms with van der Waals surface area (Å²) in [6.45, 7) is 11.9. The topological polar surface area (TPSA) is 310 Å². The Kier molecular flexibility index (Phi) is 13.1. The number of amides is 5. The van der Waals surface area contributed by atoms with Crippen LogP contribution in [0.1, 0.15) is 76.1 Å². The second-order valence-corrected chi connectivity index (χ2v) is 20.2. The first-order valence-electron chi connectivity index (χ1n) is 23.1. The zero-order valence-electron chi connectivity index (χ0n) is 39.8. The number of hydrogen-bond donors (Lipinski definition) is 4. The van der Waals surface area contributed by atoms with E-state index in [2.05, 4.69) is 16.4 Å². The van der Waals surface area contributed by atoms with Gasteiger partial charge in [-0.3, -0.25) is 43.3 Å². The average Bonchev–Trinajstić information content (AvgIpc) is 4.18. The quantitative estimate of drug-likeness (QED) is 0.119. The molecular weight excluding hydrogens is 952 g/mol. The minimum atomic E-state index is -1.33. The van der Waals surface area contributed by atoms with E-state index in [1.54, 1.807) is 67.5 Å². The Balaban J connectivity index is 0.753. The minimum Gasteiger partial charge on any atom is -0.479 e. The molecule has 27 nitrogen and oxygen atoms in total. The lowest BCUT2D eigenvalue weighted by Crippen LogP contribution is -2.47. The van der Waals surface area contributed by atoms with Gasteiger partial charge < -0.3 is 61.9 Å². The summed E-state index contributed by atoms with van der Waals surface area (Å²) in [4.78, 5) is 102. The molecule has 0 spiro atoms. The molecule has 0 unspecified atom stereocenters. The SMILES string of the molecule is CC1(C)O[C@H]2O[C@H](C(=O)O)[C@@H](CONC(=O)[C@H]3O[C@@H]4OC(C)(C)O[C@@H]4[C@@H]3CONC(=O)[C@H]3O[C@@H]4OC(C)(C)O[C@@H]4[C@@H]3CONC(=O)[C@H]3O[C@@H]4OC(C)(C)O[C@@H]4[C@@H]3CON3C(=O)c4ccccc4C3=O)[C@H]2O1. The summed E-state index contributed by atoms with van der Waals surface area (Å²) in [6, 6.07) is 6.25.